The predicted octanol–water partition coefficient (Wildman–Crippen LogP) is 2.85. The third-order valence-corrected chi connectivity index (χ3v) is 2.93. The molecule has 0 fully saturated rings. The highest BCUT2D eigenvalue weighted by Crippen LogP contribution is 2.28. The van der Waals surface area contributed by atoms with Crippen molar-refractivity contribution in [2.24, 2.45) is 0 Å². The largest absolute Gasteiger partial charge is 0.493 e. The van der Waals surface area contributed by atoms with Crippen LogP contribution in [0.1, 0.15) is 5.56 Å². The Balaban J connectivity index is 3.00. The summed E-state index contributed by atoms with van der Waals surface area (Å²) in [6.07, 6.45) is 1.69. The Labute approximate surface area is 89.8 Å². The summed E-state index contributed by atoms with van der Waals surface area (Å²) in [6, 6.07) is 5.83. The van der Waals surface area contributed by atoms with E-state index >= 15 is 0 Å². The summed E-state index contributed by atoms with van der Waals surface area (Å²) in [6.45, 7) is 2.00. The zero-order chi connectivity index (χ0) is 9.42. The number of benzene rings is 1. The Kier molecular flexibility index (Phi) is 2.11. The third kappa shape index (κ3) is 1.37. The van der Waals surface area contributed by atoms with Crippen LogP contribution in [-0.4, -0.2) is 10.1 Å². The van der Waals surface area contributed by atoms with Crippen molar-refractivity contribution in [3.8, 4) is 5.88 Å². The molecule has 0 aliphatic rings. The molecule has 66 valence electrons. The number of pyridine rings is 1. The smallest absolute Gasteiger partial charge is 0.218 e. The Hall–Kier alpha value is -0.840. The van der Waals surface area contributed by atoms with Gasteiger partial charge in [0.1, 0.15) is 0 Å². The van der Waals surface area contributed by atoms with E-state index in [-0.39, 0.29) is 5.88 Å². The fraction of sp³-hybridized carbons (Fsp3) is 0.100. The van der Waals surface area contributed by atoms with Gasteiger partial charge in [0.25, 0.3) is 0 Å². The average Bonchev–Trinajstić information content (AvgIpc) is 2.12. The van der Waals surface area contributed by atoms with Crippen LogP contribution in [0.4, 0.5) is 0 Å². The summed E-state index contributed by atoms with van der Waals surface area (Å²) in [5.41, 5.74) is 1.10. The lowest BCUT2D eigenvalue weighted by atomic mass is 10.1. The van der Waals surface area contributed by atoms with Gasteiger partial charge in [0.05, 0.1) is 0 Å². The zero-order valence-corrected chi connectivity index (χ0v) is 9.24. The molecule has 2 aromatic rings. The number of hydrogen-bond acceptors (Lipinski definition) is 2. The molecule has 1 N–H and O–H groups in total. The monoisotopic (exact) mass is 285 g/mol. The summed E-state index contributed by atoms with van der Waals surface area (Å²) in [7, 11) is 0. The number of nitrogens with zero attached hydrogens (tertiary/aromatic N) is 1. The fourth-order valence-corrected chi connectivity index (χ4v) is 2.33. The minimum absolute atomic E-state index is 0.110. The highest BCUT2D eigenvalue weighted by molar-refractivity contribution is 14.1. The van der Waals surface area contributed by atoms with Gasteiger partial charge in [-0.1, -0.05) is 6.07 Å². The molecule has 1 aromatic heterocycles. The second kappa shape index (κ2) is 3.14. The van der Waals surface area contributed by atoms with Gasteiger partial charge in [-0.25, -0.2) is 4.98 Å². The molecular formula is C10H8INO. The van der Waals surface area contributed by atoms with E-state index < -0.39 is 0 Å². The number of halogens is 1. The van der Waals surface area contributed by atoms with Gasteiger partial charge in [-0.05, 0) is 47.2 Å². The van der Waals surface area contributed by atoms with E-state index in [1.165, 1.54) is 0 Å². The lowest BCUT2D eigenvalue weighted by molar-refractivity contribution is 0.460. The molecule has 0 atom stereocenters. The first kappa shape index (κ1) is 8.74. The Bertz CT molecular complexity index is 459. The molecule has 0 radical (unpaired) electrons. The maximum atomic E-state index is 9.51. The first-order valence-corrected chi connectivity index (χ1v) is 5.01. The van der Waals surface area contributed by atoms with Gasteiger partial charge in [0.2, 0.25) is 5.88 Å². The Morgan fingerprint density at radius 3 is 2.85 bits per heavy atom. The molecule has 1 aromatic carbocycles. The first-order chi connectivity index (χ1) is 6.20. The van der Waals surface area contributed by atoms with Gasteiger partial charge in [-0.3, -0.25) is 0 Å². The van der Waals surface area contributed by atoms with E-state index in [0.717, 1.165) is 19.9 Å². The second-order valence-electron chi connectivity index (χ2n) is 2.93. The molecule has 2 nitrogen and oxygen atoms in total. The van der Waals surface area contributed by atoms with Gasteiger partial charge in [-0.2, -0.15) is 0 Å². The van der Waals surface area contributed by atoms with Gasteiger partial charge >= 0.3 is 0 Å². The minimum atomic E-state index is 0.110. The van der Waals surface area contributed by atoms with Crippen LogP contribution < -0.4 is 0 Å². The summed E-state index contributed by atoms with van der Waals surface area (Å²) in [5.74, 6) is 0.110. The van der Waals surface area contributed by atoms with Crippen LogP contribution in [0.5, 0.6) is 5.88 Å². The predicted molar refractivity (Wildman–Crippen MR) is 60.9 cm³/mol. The molecule has 2 rings (SSSR count). The molecule has 3 heteroatoms. The molecule has 0 spiro atoms. The molecule has 0 amide bonds. The van der Waals surface area contributed by atoms with Crippen molar-refractivity contribution in [3.05, 3.63) is 33.5 Å². The van der Waals surface area contributed by atoms with Gasteiger partial charge < -0.3 is 5.11 Å². The zero-order valence-electron chi connectivity index (χ0n) is 7.08. The highest BCUT2D eigenvalue weighted by Gasteiger charge is 2.05. The lowest BCUT2D eigenvalue weighted by Gasteiger charge is -2.04. The van der Waals surface area contributed by atoms with Crippen LogP contribution in [0, 0.1) is 10.5 Å². The molecule has 0 unspecified atom stereocenters. The maximum absolute atomic E-state index is 9.51. The highest BCUT2D eigenvalue weighted by atomic mass is 127. The topological polar surface area (TPSA) is 33.1 Å². The number of hydrogen-bond donors (Lipinski definition) is 1. The lowest BCUT2D eigenvalue weighted by Crippen LogP contribution is -1.85. The van der Waals surface area contributed by atoms with E-state index in [2.05, 4.69) is 27.6 Å². The second-order valence-corrected chi connectivity index (χ2v) is 4.09. The number of aryl methyl sites for hydroxylation is 1. The number of aromatic hydroxyl groups is 1. The van der Waals surface area contributed by atoms with Crippen molar-refractivity contribution in [1.82, 2.24) is 4.98 Å². The van der Waals surface area contributed by atoms with Crippen LogP contribution >= 0.6 is 22.6 Å². The SMILES string of the molecule is Cc1cnc(O)c2cccc(I)c12. The quantitative estimate of drug-likeness (QED) is 0.755. The minimum Gasteiger partial charge on any atom is -0.493 e. The number of aromatic nitrogens is 1. The van der Waals surface area contributed by atoms with E-state index in [1.54, 1.807) is 6.20 Å². The van der Waals surface area contributed by atoms with Crippen LogP contribution in [0.25, 0.3) is 10.8 Å². The van der Waals surface area contributed by atoms with Crippen molar-refractivity contribution >= 4 is 33.4 Å². The summed E-state index contributed by atoms with van der Waals surface area (Å²) < 4.78 is 1.14. The van der Waals surface area contributed by atoms with Crippen molar-refractivity contribution in [3.63, 3.8) is 0 Å². The van der Waals surface area contributed by atoms with E-state index in [4.69, 9.17) is 0 Å². The third-order valence-electron chi connectivity index (χ3n) is 2.03. The molecule has 1 heterocycles. The molecule has 13 heavy (non-hydrogen) atoms. The van der Waals surface area contributed by atoms with E-state index in [1.807, 2.05) is 25.1 Å². The van der Waals surface area contributed by atoms with Crippen molar-refractivity contribution in [1.29, 1.82) is 0 Å². The summed E-state index contributed by atoms with van der Waals surface area (Å²) in [4.78, 5) is 3.90. The fourth-order valence-electron chi connectivity index (χ4n) is 1.40. The number of rotatable bonds is 0. The Morgan fingerprint density at radius 1 is 1.38 bits per heavy atom. The van der Waals surface area contributed by atoms with Crippen LogP contribution in [0.15, 0.2) is 24.4 Å². The Morgan fingerprint density at radius 2 is 2.15 bits per heavy atom. The number of fused-ring (bicyclic) bond motifs is 1. The standard InChI is InChI=1S/C10H8INO/c1-6-5-12-10(13)7-3-2-4-8(11)9(6)7/h2-5H,1H3,(H,12,13). The summed E-state index contributed by atoms with van der Waals surface area (Å²) in [5, 5.41) is 11.4. The molecule has 0 aliphatic carbocycles. The van der Waals surface area contributed by atoms with Gasteiger partial charge in [-0.15, -0.1) is 0 Å². The van der Waals surface area contributed by atoms with E-state index in [9.17, 15) is 5.11 Å². The van der Waals surface area contributed by atoms with Crippen molar-refractivity contribution in [2.45, 2.75) is 6.92 Å². The molecule has 0 saturated carbocycles. The van der Waals surface area contributed by atoms with E-state index in [0.29, 0.717) is 0 Å². The molecule has 0 saturated heterocycles. The molecule has 0 aliphatic heterocycles. The first-order valence-electron chi connectivity index (χ1n) is 3.93. The summed E-state index contributed by atoms with van der Waals surface area (Å²) >= 11 is 2.26. The van der Waals surface area contributed by atoms with Crippen LogP contribution in [-0.2, 0) is 0 Å². The van der Waals surface area contributed by atoms with Crippen molar-refractivity contribution in [2.75, 3.05) is 0 Å². The average molecular weight is 285 g/mol. The van der Waals surface area contributed by atoms with Crippen LogP contribution in [0.2, 0.25) is 0 Å². The maximum Gasteiger partial charge on any atom is 0.218 e. The van der Waals surface area contributed by atoms with Crippen molar-refractivity contribution < 1.29 is 5.11 Å². The molecule has 0 bridgehead atoms. The van der Waals surface area contributed by atoms with Crippen LogP contribution in [0.3, 0.4) is 0 Å². The van der Waals surface area contributed by atoms with Gasteiger partial charge in [0, 0.05) is 20.5 Å². The molecular weight excluding hydrogens is 277 g/mol. The van der Waals surface area contributed by atoms with Gasteiger partial charge in [0.15, 0.2) is 0 Å². The normalized spacial score (nSPS) is 10.6.